The first-order valence-electron chi connectivity index (χ1n) is 4.38. The third-order valence-electron chi connectivity index (χ3n) is 2.33. The molecular weight excluding hydrogens is 152 g/mol. The third-order valence-corrected chi connectivity index (χ3v) is 2.33. The van der Waals surface area contributed by atoms with Gasteiger partial charge < -0.3 is 4.74 Å². The monoisotopic (exact) mass is 168 g/mol. The Balaban J connectivity index is 2.61. The van der Waals surface area contributed by atoms with Crippen LogP contribution in [0.3, 0.4) is 0 Å². The van der Waals surface area contributed by atoms with Crippen LogP contribution in [0.15, 0.2) is 11.6 Å². The van der Waals surface area contributed by atoms with E-state index in [0.29, 0.717) is 5.92 Å². The van der Waals surface area contributed by atoms with E-state index in [-0.39, 0.29) is 11.9 Å². The summed E-state index contributed by atoms with van der Waals surface area (Å²) in [5, 5.41) is 0. The van der Waals surface area contributed by atoms with Gasteiger partial charge in [-0.1, -0.05) is 18.6 Å². The number of ether oxygens (including phenoxy) is 1. The highest BCUT2D eigenvalue weighted by Gasteiger charge is 2.24. The first-order valence-corrected chi connectivity index (χ1v) is 4.38. The number of hydrogen-bond donors (Lipinski definition) is 0. The minimum Gasteiger partial charge on any atom is -0.469 e. The second-order valence-electron chi connectivity index (χ2n) is 3.65. The molecule has 1 aliphatic carbocycles. The van der Waals surface area contributed by atoms with E-state index in [9.17, 15) is 4.79 Å². The summed E-state index contributed by atoms with van der Waals surface area (Å²) in [6, 6.07) is 0. The summed E-state index contributed by atoms with van der Waals surface area (Å²) in [6.45, 7) is 4.21. The van der Waals surface area contributed by atoms with Gasteiger partial charge in [0.2, 0.25) is 0 Å². The lowest BCUT2D eigenvalue weighted by molar-refractivity contribution is -0.146. The molecule has 0 spiro atoms. The van der Waals surface area contributed by atoms with Crippen molar-refractivity contribution in [3.63, 3.8) is 0 Å². The molecule has 1 rings (SSSR count). The number of esters is 1. The zero-order valence-corrected chi connectivity index (χ0v) is 7.96. The van der Waals surface area contributed by atoms with E-state index < -0.39 is 0 Å². The molecule has 12 heavy (non-hydrogen) atoms. The van der Waals surface area contributed by atoms with Gasteiger partial charge in [-0.3, -0.25) is 4.79 Å². The highest BCUT2D eigenvalue weighted by atomic mass is 16.5. The minimum absolute atomic E-state index is 0.0608. The van der Waals surface area contributed by atoms with Gasteiger partial charge >= 0.3 is 5.97 Å². The summed E-state index contributed by atoms with van der Waals surface area (Å²) >= 11 is 0. The van der Waals surface area contributed by atoms with Gasteiger partial charge in [-0.25, -0.2) is 0 Å². The molecule has 0 aromatic heterocycles. The molecule has 1 aliphatic rings. The van der Waals surface area contributed by atoms with Gasteiger partial charge in [-0.2, -0.15) is 0 Å². The average Bonchev–Trinajstić information content (AvgIpc) is 2.01. The number of carbonyl (C=O) groups excluding carboxylic acids is 1. The Labute approximate surface area is 73.6 Å². The van der Waals surface area contributed by atoms with E-state index in [1.54, 1.807) is 0 Å². The van der Waals surface area contributed by atoms with E-state index >= 15 is 0 Å². The average molecular weight is 168 g/mol. The fraction of sp³-hybridized carbons (Fsp3) is 0.700. The molecular formula is C10H16O2. The number of methoxy groups -OCH3 is 1. The number of allylic oxidation sites excluding steroid dienone is 2. The van der Waals surface area contributed by atoms with Crippen LogP contribution in [-0.2, 0) is 9.53 Å². The van der Waals surface area contributed by atoms with Crippen molar-refractivity contribution in [3.05, 3.63) is 11.6 Å². The zero-order valence-electron chi connectivity index (χ0n) is 7.96. The predicted octanol–water partition coefficient (Wildman–Crippen LogP) is 2.15. The van der Waals surface area contributed by atoms with Crippen molar-refractivity contribution in [3.8, 4) is 0 Å². The topological polar surface area (TPSA) is 26.3 Å². The van der Waals surface area contributed by atoms with Gasteiger partial charge in [0.1, 0.15) is 0 Å². The second kappa shape index (κ2) is 3.74. The largest absolute Gasteiger partial charge is 0.469 e. The van der Waals surface area contributed by atoms with E-state index in [1.807, 2.05) is 0 Å². The summed E-state index contributed by atoms with van der Waals surface area (Å²) < 4.78 is 4.72. The van der Waals surface area contributed by atoms with Gasteiger partial charge in [-0.05, 0) is 25.7 Å². The first-order chi connectivity index (χ1) is 5.63. The Morgan fingerprint density at radius 2 is 2.33 bits per heavy atom. The molecule has 2 unspecified atom stereocenters. The Bertz CT molecular complexity index is 206. The maximum atomic E-state index is 11.2. The summed E-state index contributed by atoms with van der Waals surface area (Å²) in [5.41, 5.74) is 1.31. The molecule has 2 nitrogen and oxygen atoms in total. The van der Waals surface area contributed by atoms with Crippen LogP contribution in [0, 0.1) is 11.8 Å². The molecule has 0 fully saturated rings. The normalized spacial score (nSPS) is 29.4. The van der Waals surface area contributed by atoms with Gasteiger partial charge in [-0.15, -0.1) is 0 Å². The van der Waals surface area contributed by atoms with E-state index in [1.165, 1.54) is 12.7 Å². The number of rotatable bonds is 1. The highest BCUT2D eigenvalue weighted by Crippen LogP contribution is 2.28. The van der Waals surface area contributed by atoms with Crippen molar-refractivity contribution < 1.29 is 9.53 Å². The summed E-state index contributed by atoms with van der Waals surface area (Å²) in [5.74, 6) is 0.548. The van der Waals surface area contributed by atoms with Crippen molar-refractivity contribution in [1.82, 2.24) is 0 Å². The Kier molecular flexibility index (Phi) is 2.90. The molecule has 2 heteroatoms. The molecule has 0 heterocycles. The quantitative estimate of drug-likeness (QED) is 0.443. The fourth-order valence-electron chi connectivity index (χ4n) is 1.89. The van der Waals surface area contributed by atoms with Crippen LogP contribution in [0.1, 0.15) is 26.7 Å². The van der Waals surface area contributed by atoms with Gasteiger partial charge in [0.25, 0.3) is 0 Å². The summed E-state index contributed by atoms with van der Waals surface area (Å²) in [6.07, 6.45) is 4.04. The predicted molar refractivity (Wildman–Crippen MR) is 47.7 cm³/mol. The standard InChI is InChI=1S/C10H16O2/c1-7-4-8(2)6-9(5-7)10(11)12-3/h4,7,9H,5-6H2,1-3H3. The maximum absolute atomic E-state index is 11.2. The third kappa shape index (κ3) is 2.10. The summed E-state index contributed by atoms with van der Waals surface area (Å²) in [4.78, 5) is 11.2. The smallest absolute Gasteiger partial charge is 0.308 e. The van der Waals surface area contributed by atoms with Gasteiger partial charge in [0, 0.05) is 0 Å². The Morgan fingerprint density at radius 3 is 2.83 bits per heavy atom. The molecule has 0 N–H and O–H groups in total. The van der Waals surface area contributed by atoms with Gasteiger partial charge in [0.15, 0.2) is 0 Å². The van der Waals surface area contributed by atoms with Crippen molar-refractivity contribution in [1.29, 1.82) is 0 Å². The molecule has 0 aromatic carbocycles. The molecule has 0 aliphatic heterocycles. The molecule has 0 saturated carbocycles. The van der Waals surface area contributed by atoms with Crippen molar-refractivity contribution in [2.75, 3.05) is 7.11 Å². The number of carbonyl (C=O) groups is 1. The molecule has 0 radical (unpaired) electrons. The molecule has 0 aromatic rings. The molecule has 2 atom stereocenters. The first kappa shape index (κ1) is 9.30. The van der Waals surface area contributed by atoms with Crippen LogP contribution in [0.2, 0.25) is 0 Å². The fourth-order valence-corrected chi connectivity index (χ4v) is 1.89. The minimum atomic E-state index is -0.0608. The van der Waals surface area contributed by atoms with Crippen LogP contribution in [0.25, 0.3) is 0 Å². The van der Waals surface area contributed by atoms with Crippen LogP contribution < -0.4 is 0 Å². The zero-order chi connectivity index (χ0) is 9.14. The van der Waals surface area contributed by atoms with Crippen molar-refractivity contribution in [2.45, 2.75) is 26.7 Å². The molecule has 0 bridgehead atoms. The maximum Gasteiger partial charge on any atom is 0.308 e. The van der Waals surface area contributed by atoms with Gasteiger partial charge in [0.05, 0.1) is 13.0 Å². The van der Waals surface area contributed by atoms with Crippen LogP contribution in [-0.4, -0.2) is 13.1 Å². The Morgan fingerprint density at radius 1 is 1.67 bits per heavy atom. The SMILES string of the molecule is COC(=O)C1CC(C)=CC(C)C1. The van der Waals surface area contributed by atoms with Crippen molar-refractivity contribution in [2.24, 2.45) is 11.8 Å². The number of hydrogen-bond acceptors (Lipinski definition) is 2. The van der Waals surface area contributed by atoms with Crippen LogP contribution in [0.4, 0.5) is 0 Å². The molecule has 0 saturated heterocycles. The van der Waals surface area contributed by atoms with Crippen LogP contribution in [0.5, 0.6) is 0 Å². The second-order valence-corrected chi connectivity index (χ2v) is 3.65. The lowest BCUT2D eigenvalue weighted by Crippen LogP contribution is -2.21. The summed E-state index contributed by atoms with van der Waals surface area (Å²) in [7, 11) is 1.46. The van der Waals surface area contributed by atoms with Crippen molar-refractivity contribution >= 4 is 5.97 Å². The highest BCUT2D eigenvalue weighted by molar-refractivity contribution is 5.72. The van der Waals surface area contributed by atoms with E-state index in [4.69, 9.17) is 4.74 Å². The lowest BCUT2D eigenvalue weighted by atomic mass is 9.84. The Hall–Kier alpha value is -0.790. The molecule has 0 amide bonds. The lowest BCUT2D eigenvalue weighted by Gasteiger charge is -2.22. The van der Waals surface area contributed by atoms with E-state index in [0.717, 1.165) is 12.8 Å². The van der Waals surface area contributed by atoms with Crippen LogP contribution >= 0.6 is 0 Å². The van der Waals surface area contributed by atoms with E-state index in [2.05, 4.69) is 19.9 Å². The molecule has 68 valence electrons.